The molecule has 0 saturated carbocycles. The summed E-state index contributed by atoms with van der Waals surface area (Å²) >= 11 is 0. The molecule has 0 amide bonds. The van der Waals surface area contributed by atoms with E-state index < -0.39 is 18.2 Å². The summed E-state index contributed by atoms with van der Waals surface area (Å²) in [6.45, 7) is 3.77. The van der Waals surface area contributed by atoms with Crippen molar-refractivity contribution in [3.8, 4) is 5.75 Å². The molecule has 0 aliphatic carbocycles. The number of esters is 1. The molecule has 0 unspecified atom stereocenters. The van der Waals surface area contributed by atoms with Crippen LogP contribution in [0.25, 0.3) is 0 Å². The molecule has 1 aromatic carbocycles. The van der Waals surface area contributed by atoms with Crippen molar-refractivity contribution >= 4 is 5.97 Å². The number of hydrogen-bond acceptors (Lipinski definition) is 6. The zero-order chi connectivity index (χ0) is 17.8. The Hall–Kier alpha value is -2.15. The molecule has 24 heavy (non-hydrogen) atoms. The van der Waals surface area contributed by atoms with Crippen LogP contribution in [0.3, 0.4) is 0 Å². The number of benzene rings is 1. The molecular formula is C18H24O6. The minimum Gasteiger partial charge on any atom is -0.491 e. The molecule has 0 aliphatic rings. The lowest BCUT2D eigenvalue weighted by Gasteiger charge is -2.21. The van der Waals surface area contributed by atoms with Crippen molar-refractivity contribution < 1.29 is 29.2 Å². The topological polar surface area (TPSA) is 85.2 Å². The molecule has 2 atom stereocenters. The number of ether oxygens (including phenoxy) is 3. The summed E-state index contributed by atoms with van der Waals surface area (Å²) in [6, 6.07) is 6.88. The lowest BCUT2D eigenvalue weighted by atomic mass is 10.0. The SMILES string of the molecule is C=CCOC(=O)/C=C/C[C@@H](OC)[C@H](O)c1ccc(OCCO)cc1. The Morgan fingerprint density at radius 3 is 2.62 bits per heavy atom. The van der Waals surface area contributed by atoms with Crippen LogP contribution in [0.5, 0.6) is 5.75 Å². The fourth-order valence-corrected chi connectivity index (χ4v) is 1.98. The molecule has 0 saturated heterocycles. The van der Waals surface area contributed by atoms with Crippen LogP contribution in [0.15, 0.2) is 49.1 Å². The van der Waals surface area contributed by atoms with Crippen molar-refractivity contribution in [3.63, 3.8) is 0 Å². The Morgan fingerprint density at radius 1 is 1.33 bits per heavy atom. The van der Waals surface area contributed by atoms with Gasteiger partial charge >= 0.3 is 5.97 Å². The average molecular weight is 336 g/mol. The molecule has 0 bridgehead atoms. The number of aliphatic hydroxyl groups is 2. The van der Waals surface area contributed by atoms with E-state index in [9.17, 15) is 9.90 Å². The summed E-state index contributed by atoms with van der Waals surface area (Å²) in [5, 5.41) is 19.1. The third-order valence-corrected chi connectivity index (χ3v) is 3.20. The first kappa shape index (κ1) is 19.9. The number of rotatable bonds is 11. The van der Waals surface area contributed by atoms with E-state index in [-0.39, 0.29) is 19.8 Å². The maximum atomic E-state index is 11.3. The third-order valence-electron chi connectivity index (χ3n) is 3.20. The normalized spacial score (nSPS) is 13.5. The maximum Gasteiger partial charge on any atom is 0.330 e. The molecule has 0 fully saturated rings. The van der Waals surface area contributed by atoms with Gasteiger partial charge in [0.2, 0.25) is 0 Å². The third kappa shape index (κ3) is 6.95. The van der Waals surface area contributed by atoms with Crippen LogP contribution >= 0.6 is 0 Å². The smallest absolute Gasteiger partial charge is 0.330 e. The van der Waals surface area contributed by atoms with Crippen LogP contribution < -0.4 is 4.74 Å². The summed E-state index contributed by atoms with van der Waals surface area (Å²) in [4.78, 5) is 11.3. The molecule has 132 valence electrons. The van der Waals surface area contributed by atoms with Gasteiger partial charge in [-0.3, -0.25) is 0 Å². The van der Waals surface area contributed by atoms with Crippen LogP contribution in [0.4, 0.5) is 0 Å². The number of hydrogen-bond donors (Lipinski definition) is 2. The summed E-state index contributed by atoms with van der Waals surface area (Å²) in [5.41, 5.74) is 0.667. The second-order valence-corrected chi connectivity index (χ2v) is 4.92. The summed E-state index contributed by atoms with van der Waals surface area (Å²) in [5.74, 6) is 0.142. The number of aliphatic hydroxyl groups excluding tert-OH is 2. The van der Waals surface area contributed by atoms with Crippen molar-refractivity contribution in [2.75, 3.05) is 26.9 Å². The lowest BCUT2D eigenvalue weighted by molar-refractivity contribution is -0.136. The summed E-state index contributed by atoms with van der Waals surface area (Å²) in [7, 11) is 1.50. The predicted molar refractivity (Wildman–Crippen MR) is 89.7 cm³/mol. The second kappa shape index (κ2) is 11.4. The molecular weight excluding hydrogens is 312 g/mol. The second-order valence-electron chi connectivity index (χ2n) is 4.92. The fourth-order valence-electron chi connectivity index (χ4n) is 1.98. The Labute approximate surface area is 142 Å². The fraction of sp³-hybridized carbons (Fsp3) is 0.389. The molecule has 0 heterocycles. The molecule has 1 aromatic rings. The highest BCUT2D eigenvalue weighted by molar-refractivity contribution is 5.81. The first-order valence-corrected chi connectivity index (χ1v) is 7.61. The molecule has 6 nitrogen and oxygen atoms in total. The number of carbonyl (C=O) groups excluding carboxylic acids is 1. The Morgan fingerprint density at radius 2 is 2.04 bits per heavy atom. The zero-order valence-corrected chi connectivity index (χ0v) is 13.8. The van der Waals surface area contributed by atoms with Crippen molar-refractivity contribution in [1.29, 1.82) is 0 Å². The van der Waals surface area contributed by atoms with Gasteiger partial charge in [0.25, 0.3) is 0 Å². The van der Waals surface area contributed by atoms with Gasteiger partial charge in [-0.15, -0.1) is 0 Å². The van der Waals surface area contributed by atoms with Crippen molar-refractivity contribution in [3.05, 3.63) is 54.6 Å². The standard InChI is InChI=1S/C18H24O6/c1-3-12-24-17(20)6-4-5-16(22-2)18(21)14-7-9-15(10-8-14)23-13-11-19/h3-4,6-10,16,18-19,21H,1,5,11-13H2,2H3/b6-4+/t16-,18-/m1/s1. The Kier molecular flexibility index (Phi) is 9.45. The molecule has 0 aliphatic heterocycles. The van der Waals surface area contributed by atoms with Gasteiger partial charge in [0, 0.05) is 13.2 Å². The van der Waals surface area contributed by atoms with Gasteiger partial charge < -0.3 is 24.4 Å². The number of carbonyl (C=O) groups is 1. The van der Waals surface area contributed by atoms with E-state index in [2.05, 4.69) is 6.58 Å². The lowest BCUT2D eigenvalue weighted by Crippen LogP contribution is -2.20. The van der Waals surface area contributed by atoms with Crippen LogP contribution in [-0.2, 0) is 14.3 Å². The van der Waals surface area contributed by atoms with Gasteiger partial charge in [-0.05, 0) is 24.1 Å². The van der Waals surface area contributed by atoms with E-state index in [0.717, 1.165) is 0 Å². The molecule has 6 heteroatoms. The van der Waals surface area contributed by atoms with Crippen molar-refractivity contribution in [2.24, 2.45) is 0 Å². The van der Waals surface area contributed by atoms with Crippen molar-refractivity contribution in [1.82, 2.24) is 0 Å². The van der Waals surface area contributed by atoms with Gasteiger partial charge in [-0.25, -0.2) is 4.79 Å². The average Bonchev–Trinajstić information content (AvgIpc) is 2.61. The molecule has 1 rings (SSSR count). The van der Waals surface area contributed by atoms with E-state index in [4.69, 9.17) is 19.3 Å². The molecule has 0 spiro atoms. The van der Waals surface area contributed by atoms with Gasteiger partial charge in [-0.2, -0.15) is 0 Å². The summed E-state index contributed by atoms with van der Waals surface area (Å²) in [6.07, 6.45) is 3.38. The van der Waals surface area contributed by atoms with Crippen LogP contribution in [-0.4, -0.2) is 49.2 Å². The van der Waals surface area contributed by atoms with Crippen LogP contribution in [0.1, 0.15) is 18.1 Å². The quantitative estimate of drug-likeness (QED) is 0.364. The maximum absolute atomic E-state index is 11.3. The zero-order valence-electron chi connectivity index (χ0n) is 13.8. The predicted octanol–water partition coefficient (Wildman–Crippen LogP) is 1.78. The Balaban J connectivity index is 2.58. The van der Waals surface area contributed by atoms with Gasteiger partial charge in [-0.1, -0.05) is 30.9 Å². The van der Waals surface area contributed by atoms with Gasteiger partial charge in [0.1, 0.15) is 25.1 Å². The van der Waals surface area contributed by atoms with Crippen LogP contribution in [0, 0.1) is 0 Å². The first-order chi connectivity index (χ1) is 11.6. The van der Waals surface area contributed by atoms with E-state index in [1.54, 1.807) is 30.3 Å². The highest BCUT2D eigenvalue weighted by Gasteiger charge is 2.19. The molecule has 2 N–H and O–H groups in total. The monoisotopic (exact) mass is 336 g/mol. The first-order valence-electron chi connectivity index (χ1n) is 7.61. The van der Waals surface area contributed by atoms with E-state index >= 15 is 0 Å². The highest BCUT2D eigenvalue weighted by Crippen LogP contribution is 2.23. The van der Waals surface area contributed by atoms with Gasteiger partial charge in [0.05, 0.1) is 12.7 Å². The summed E-state index contributed by atoms with van der Waals surface area (Å²) < 4.78 is 15.4. The van der Waals surface area contributed by atoms with Crippen molar-refractivity contribution in [2.45, 2.75) is 18.6 Å². The minimum atomic E-state index is -0.851. The van der Waals surface area contributed by atoms with E-state index in [1.807, 2.05) is 0 Å². The minimum absolute atomic E-state index is 0.0578. The van der Waals surface area contributed by atoms with E-state index in [0.29, 0.717) is 17.7 Å². The van der Waals surface area contributed by atoms with Crippen LogP contribution in [0.2, 0.25) is 0 Å². The largest absolute Gasteiger partial charge is 0.491 e. The molecule has 0 aromatic heterocycles. The van der Waals surface area contributed by atoms with E-state index in [1.165, 1.54) is 19.3 Å². The van der Waals surface area contributed by atoms with Gasteiger partial charge in [0.15, 0.2) is 0 Å². The Bertz CT molecular complexity index is 523. The highest BCUT2D eigenvalue weighted by atomic mass is 16.5. The number of methoxy groups -OCH3 is 1. The molecule has 0 radical (unpaired) electrons.